The highest BCUT2D eigenvalue weighted by Gasteiger charge is 2.57. The summed E-state index contributed by atoms with van der Waals surface area (Å²) in [7, 11) is -2.97. The molecule has 0 saturated carbocycles. The topological polar surface area (TPSA) is 112 Å². The highest BCUT2D eigenvalue weighted by Crippen LogP contribution is 2.42. The normalized spacial score (nSPS) is 18.1. The van der Waals surface area contributed by atoms with Crippen LogP contribution in [0.3, 0.4) is 0 Å². The summed E-state index contributed by atoms with van der Waals surface area (Å²) in [5.41, 5.74) is 0. The van der Waals surface area contributed by atoms with E-state index in [0.717, 1.165) is 6.92 Å². The third-order valence-corrected chi connectivity index (χ3v) is 3.70. The molecule has 3 N–H and O–H groups in total. The molecule has 14 heavy (non-hydrogen) atoms. The Balaban J connectivity index is 4.92. The molecule has 6 nitrogen and oxygen atoms in total. The fraction of sp³-hybridized carbons (Fsp3) is 0.714. The van der Waals surface area contributed by atoms with Gasteiger partial charge in [0.15, 0.2) is 0 Å². The van der Waals surface area contributed by atoms with Crippen LogP contribution in [0.2, 0.25) is 0 Å². The van der Waals surface area contributed by atoms with Gasteiger partial charge in [0, 0.05) is 5.92 Å². The smallest absolute Gasteiger partial charge is 0.481 e. The maximum absolute atomic E-state index is 10.9. The van der Waals surface area contributed by atoms with Crippen molar-refractivity contribution in [2.24, 2.45) is 5.92 Å². The molecule has 0 aromatic rings. The van der Waals surface area contributed by atoms with E-state index in [-0.39, 0.29) is 0 Å². The summed E-state index contributed by atoms with van der Waals surface area (Å²) >= 11 is 0. The summed E-state index contributed by atoms with van der Waals surface area (Å²) in [4.78, 5) is 29.9. The van der Waals surface area contributed by atoms with Crippen LogP contribution in [0.5, 0.6) is 0 Å². The molecule has 0 spiro atoms. The quantitative estimate of drug-likeness (QED) is 0.590. The highest BCUT2D eigenvalue weighted by molar-refractivity contribution is 7.41. The van der Waals surface area contributed by atoms with Crippen LogP contribution in [0.1, 0.15) is 20.3 Å². The van der Waals surface area contributed by atoms with E-state index in [0.29, 0.717) is 0 Å². The van der Waals surface area contributed by atoms with Gasteiger partial charge < -0.3 is 10.2 Å². The summed E-state index contributed by atoms with van der Waals surface area (Å²) in [6, 6.07) is 0. The zero-order chi connectivity index (χ0) is 11.5. The Bertz CT molecular complexity index is 259. The van der Waals surface area contributed by atoms with E-state index in [4.69, 9.17) is 15.1 Å². The minimum absolute atomic E-state index is 0.454. The third-order valence-electron chi connectivity index (χ3n) is 2.27. The number of rotatable bonds is 5. The van der Waals surface area contributed by atoms with Gasteiger partial charge in [0.25, 0.3) is 5.16 Å². The van der Waals surface area contributed by atoms with Crippen molar-refractivity contribution in [2.45, 2.75) is 25.4 Å². The van der Waals surface area contributed by atoms with E-state index in [9.17, 15) is 14.2 Å². The largest absolute Gasteiger partial charge is 0.523 e. The van der Waals surface area contributed by atoms with E-state index < -0.39 is 37.5 Å². The van der Waals surface area contributed by atoms with Crippen molar-refractivity contribution in [3.63, 3.8) is 0 Å². The van der Waals surface area contributed by atoms with Crippen LogP contribution < -0.4 is 0 Å². The van der Waals surface area contributed by atoms with Gasteiger partial charge in [-0.2, -0.15) is 4.89 Å². The molecule has 0 saturated heterocycles. The Morgan fingerprint density at radius 2 is 1.86 bits per heavy atom. The van der Waals surface area contributed by atoms with Crippen molar-refractivity contribution < 1.29 is 29.3 Å². The van der Waals surface area contributed by atoms with Gasteiger partial charge in [0.05, 0.1) is 6.42 Å². The second-order valence-electron chi connectivity index (χ2n) is 3.22. The van der Waals surface area contributed by atoms with Crippen LogP contribution in [-0.2, 0) is 14.2 Å². The first kappa shape index (κ1) is 13.0. The summed E-state index contributed by atoms with van der Waals surface area (Å²) in [6.45, 7) is 2.40. The molecule has 0 heterocycles. The summed E-state index contributed by atoms with van der Waals surface area (Å²) in [5.74, 6) is -3.57. The van der Waals surface area contributed by atoms with Crippen LogP contribution in [0.15, 0.2) is 0 Å². The number of carboxylic acid groups (broad SMARTS) is 2. The van der Waals surface area contributed by atoms with Gasteiger partial charge in [-0.25, -0.2) is 4.79 Å². The van der Waals surface area contributed by atoms with Gasteiger partial charge in [0.1, 0.15) is 0 Å². The predicted octanol–water partition coefficient (Wildman–Crippen LogP) is 0.675. The molecule has 0 bridgehead atoms. The maximum atomic E-state index is 10.9. The second kappa shape index (κ2) is 4.48. The molecule has 80 valence electrons. The zero-order valence-corrected chi connectivity index (χ0v) is 8.69. The second-order valence-corrected chi connectivity index (χ2v) is 4.70. The standard InChI is InChI=1S/C7H11O6P/c1-4(3-5(8)9)7(2,6(10)11)14(12)13/h4H,3H2,1-2H3,(H2-,8,9,10,11,12,13)/p+1. The van der Waals surface area contributed by atoms with Crippen molar-refractivity contribution in [2.75, 3.05) is 0 Å². The maximum Gasteiger partial charge on any atom is 0.523 e. The molecule has 0 aliphatic carbocycles. The van der Waals surface area contributed by atoms with Crippen molar-refractivity contribution >= 4 is 20.0 Å². The average Bonchev–Trinajstić information content (AvgIpc) is 2.00. The molecule has 0 rings (SSSR count). The Kier molecular flexibility index (Phi) is 4.16. The summed E-state index contributed by atoms with van der Waals surface area (Å²) < 4.78 is 10.9. The number of carboxylic acids is 2. The van der Waals surface area contributed by atoms with Crippen molar-refractivity contribution in [1.82, 2.24) is 0 Å². The van der Waals surface area contributed by atoms with Crippen molar-refractivity contribution in [3.8, 4) is 0 Å². The van der Waals surface area contributed by atoms with Gasteiger partial charge in [-0.15, -0.1) is 0 Å². The van der Waals surface area contributed by atoms with Crippen molar-refractivity contribution in [1.29, 1.82) is 0 Å². The lowest BCUT2D eigenvalue weighted by molar-refractivity contribution is -0.143. The van der Waals surface area contributed by atoms with Gasteiger partial charge in [-0.05, 0) is 11.5 Å². The monoisotopic (exact) mass is 223 g/mol. The molecule has 0 aromatic carbocycles. The lowest BCUT2D eigenvalue weighted by Gasteiger charge is -2.17. The van der Waals surface area contributed by atoms with E-state index in [2.05, 4.69) is 0 Å². The highest BCUT2D eigenvalue weighted by atomic mass is 31.1. The van der Waals surface area contributed by atoms with Gasteiger partial charge in [-0.1, -0.05) is 6.92 Å². The molecule has 0 aliphatic heterocycles. The lowest BCUT2D eigenvalue weighted by atomic mass is 9.92. The van der Waals surface area contributed by atoms with Crippen LogP contribution in [0.25, 0.3) is 0 Å². The Morgan fingerprint density at radius 3 is 2.07 bits per heavy atom. The van der Waals surface area contributed by atoms with E-state index in [1.807, 2.05) is 0 Å². The minimum Gasteiger partial charge on any atom is -0.481 e. The number of hydrogen-bond acceptors (Lipinski definition) is 3. The minimum atomic E-state index is -2.97. The fourth-order valence-corrected chi connectivity index (χ4v) is 1.57. The molecular weight excluding hydrogens is 211 g/mol. The third kappa shape index (κ3) is 2.49. The van der Waals surface area contributed by atoms with Gasteiger partial charge in [-0.3, -0.25) is 4.79 Å². The SMILES string of the molecule is CC(CC(=O)O)C(C)(C(=O)O)[P+](=O)O. The first-order valence-electron chi connectivity index (χ1n) is 3.84. The molecule has 3 unspecified atom stereocenters. The number of carbonyl (C=O) groups is 2. The zero-order valence-electron chi connectivity index (χ0n) is 7.80. The summed E-state index contributed by atoms with van der Waals surface area (Å²) in [5, 5.41) is 15.3. The van der Waals surface area contributed by atoms with Crippen LogP contribution in [-0.4, -0.2) is 32.2 Å². The van der Waals surface area contributed by atoms with E-state index in [1.165, 1.54) is 6.92 Å². The first-order valence-corrected chi connectivity index (χ1v) is 5.05. The predicted molar refractivity (Wildman–Crippen MR) is 47.3 cm³/mol. The molecule has 0 aromatic heterocycles. The van der Waals surface area contributed by atoms with Crippen LogP contribution in [0, 0.1) is 5.92 Å². The molecule has 0 fully saturated rings. The van der Waals surface area contributed by atoms with Gasteiger partial charge >= 0.3 is 20.0 Å². The first-order chi connectivity index (χ1) is 6.22. The molecule has 0 radical (unpaired) electrons. The molecule has 0 amide bonds. The Hall–Kier alpha value is -1.00. The van der Waals surface area contributed by atoms with Crippen LogP contribution in [0.4, 0.5) is 0 Å². The lowest BCUT2D eigenvalue weighted by Crippen LogP contribution is -2.39. The van der Waals surface area contributed by atoms with E-state index in [1.54, 1.807) is 0 Å². The van der Waals surface area contributed by atoms with Gasteiger partial charge in [0.2, 0.25) is 0 Å². The number of aliphatic carboxylic acids is 2. The average molecular weight is 223 g/mol. The molecule has 7 heteroatoms. The molecular formula is C7H12O6P+. The molecule has 0 aliphatic rings. The van der Waals surface area contributed by atoms with Crippen molar-refractivity contribution in [3.05, 3.63) is 0 Å². The number of hydrogen-bond donors (Lipinski definition) is 3. The molecule has 3 atom stereocenters. The summed E-state index contributed by atoms with van der Waals surface area (Å²) in [6.07, 6.45) is -0.454. The van der Waals surface area contributed by atoms with Crippen LogP contribution >= 0.6 is 8.03 Å². The Morgan fingerprint density at radius 1 is 1.43 bits per heavy atom. The fourth-order valence-electron chi connectivity index (χ4n) is 0.942. The van der Waals surface area contributed by atoms with E-state index >= 15 is 0 Å². The Labute approximate surface area is 81.4 Å².